The maximum Gasteiger partial charge on any atom is 0.278 e. The summed E-state index contributed by atoms with van der Waals surface area (Å²) in [5, 5.41) is 2.83. The summed E-state index contributed by atoms with van der Waals surface area (Å²) in [7, 11) is 0. The molecule has 1 amide bonds. The van der Waals surface area contributed by atoms with E-state index in [-0.39, 0.29) is 11.5 Å². The second kappa shape index (κ2) is 10.7. The van der Waals surface area contributed by atoms with Crippen molar-refractivity contribution in [2.24, 2.45) is 21.5 Å². The Balaban J connectivity index is 1.91. The summed E-state index contributed by atoms with van der Waals surface area (Å²) in [6, 6.07) is 13.3. The molecule has 3 rings (SSSR count). The number of benzene rings is 1. The number of hydrogen-bond acceptors (Lipinski definition) is 7. The Hall–Kier alpha value is -4.17. The zero-order valence-corrected chi connectivity index (χ0v) is 17.8. The fourth-order valence-electron chi connectivity index (χ4n) is 3.06. The van der Waals surface area contributed by atoms with Crippen molar-refractivity contribution in [1.82, 2.24) is 9.97 Å². The van der Waals surface area contributed by atoms with Crippen molar-refractivity contribution in [2.75, 3.05) is 11.9 Å². The number of amides is 1. The molecular formula is C24H25N7O. The van der Waals surface area contributed by atoms with E-state index in [2.05, 4.69) is 32.0 Å². The van der Waals surface area contributed by atoms with Crippen LogP contribution in [-0.4, -0.2) is 34.8 Å². The van der Waals surface area contributed by atoms with Crippen LogP contribution in [-0.2, 0) is 11.2 Å². The van der Waals surface area contributed by atoms with Gasteiger partial charge in [-0.25, -0.2) is 9.98 Å². The predicted octanol–water partition coefficient (Wildman–Crippen LogP) is 2.92. The lowest BCUT2D eigenvalue weighted by Gasteiger charge is -2.12. The van der Waals surface area contributed by atoms with Crippen LogP contribution in [0.2, 0.25) is 0 Å². The molecule has 0 spiro atoms. The predicted molar refractivity (Wildman–Crippen MR) is 128 cm³/mol. The normalized spacial score (nSPS) is 12.1. The van der Waals surface area contributed by atoms with E-state index in [0.717, 1.165) is 28.7 Å². The Kier molecular flexibility index (Phi) is 7.55. The van der Waals surface area contributed by atoms with Crippen LogP contribution in [0.4, 0.5) is 5.69 Å². The van der Waals surface area contributed by atoms with Crippen LogP contribution in [0.15, 0.2) is 88.8 Å². The van der Waals surface area contributed by atoms with Crippen LogP contribution in [0.3, 0.4) is 0 Å². The van der Waals surface area contributed by atoms with Gasteiger partial charge in [0, 0.05) is 35.4 Å². The van der Waals surface area contributed by atoms with Crippen molar-refractivity contribution < 1.29 is 4.79 Å². The minimum atomic E-state index is -0.521. The second-order valence-corrected chi connectivity index (χ2v) is 6.94. The minimum absolute atomic E-state index is 0.0375. The van der Waals surface area contributed by atoms with Gasteiger partial charge in [-0.2, -0.15) is 0 Å². The lowest BCUT2D eigenvalue weighted by atomic mass is 10.1. The SMILES string of the molecule is C=N/C(N)=C(\N=C(C)c1ccc(CCN)cc1)C(=O)Nc1cnccc1-c1cccnc1. The van der Waals surface area contributed by atoms with Gasteiger partial charge in [0.25, 0.3) is 5.91 Å². The Labute approximate surface area is 186 Å². The number of aliphatic imine (C=N–C) groups is 2. The van der Waals surface area contributed by atoms with E-state index >= 15 is 0 Å². The molecule has 0 aliphatic heterocycles. The van der Waals surface area contributed by atoms with Crippen LogP contribution >= 0.6 is 0 Å². The molecule has 32 heavy (non-hydrogen) atoms. The first-order valence-electron chi connectivity index (χ1n) is 10.0. The number of carbonyl (C=O) groups is 1. The van der Waals surface area contributed by atoms with Crippen molar-refractivity contribution >= 4 is 24.0 Å². The van der Waals surface area contributed by atoms with Gasteiger partial charge in [-0.15, -0.1) is 0 Å². The molecule has 0 radical (unpaired) electrons. The lowest BCUT2D eigenvalue weighted by Crippen LogP contribution is -2.19. The number of rotatable bonds is 8. The molecule has 2 aromatic heterocycles. The van der Waals surface area contributed by atoms with Crippen molar-refractivity contribution in [1.29, 1.82) is 0 Å². The molecule has 0 saturated carbocycles. The summed E-state index contributed by atoms with van der Waals surface area (Å²) in [6.45, 7) is 5.81. The van der Waals surface area contributed by atoms with E-state index < -0.39 is 5.91 Å². The van der Waals surface area contributed by atoms with Gasteiger partial charge in [0.1, 0.15) is 0 Å². The molecule has 2 heterocycles. The van der Waals surface area contributed by atoms with E-state index in [9.17, 15) is 4.79 Å². The van der Waals surface area contributed by atoms with Gasteiger partial charge in [-0.1, -0.05) is 30.3 Å². The summed E-state index contributed by atoms with van der Waals surface area (Å²) >= 11 is 0. The molecule has 0 unspecified atom stereocenters. The van der Waals surface area contributed by atoms with Gasteiger partial charge in [0.05, 0.1) is 11.9 Å². The number of nitrogens with zero attached hydrogens (tertiary/aromatic N) is 4. The molecule has 8 nitrogen and oxygen atoms in total. The van der Waals surface area contributed by atoms with Gasteiger partial charge in [0.2, 0.25) is 0 Å². The van der Waals surface area contributed by atoms with Crippen molar-refractivity contribution in [3.05, 3.63) is 89.9 Å². The first-order chi connectivity index (χ1) is 15.5. The Bertz CT molecular complexity index is 1150. The number of pyridine rings is 2. The molecule has 8 heteroatoms. The summed E-state index contributed by atoms with van der Waals surface area (Å²) in [5.74, 6) is -0.597. The minimum Gasteiger partial charge on any atom is -0.382 e. The third kappa shape index (κ3) is 5.50. The van der Waals surface area contributed by atoms with Gasteiger partial charge in [0.15, 0.2) is 11.5 Å². The first-order valence-corrected chi connectivity index (χ1v) is 10.0. The fraction of sp³-hybridized carbons (Fsp3) is 0.125. The number of carbonyl (C=O) groups excluding carboxylic acids is 1. The number of hydrogen-bond donors (Lipinski definition) is 3. The maximum absolute atomic E-state index is 13.1. The largest absolute Gasteiger partial charge is 0.382 e. The standard InChI is InChI=1S/C24H25N7O/c1-16(18-7-5-17(6-8-18)9-11-25)30-22(23(26)27-2)24(32)31-21-15-29-13-10-20(21)19-4-3-12-28-14-19/h3-8,10,12-15H,2,9,11,25-26H2,1H3,(H,31,32)/b23-22-,30-16?. The van der Waals surface area contributed by atoms with Gasteiger partial charge < -0.3 is 16.8 Å². The van der Waals surface area contributed by atoms with Crippen LogP contribution in [0.5, 0.6) is 0 Å². The Morgan fingerprint density at radius 1 is 1.09 bits per heavy atom. The zero-order valence-electron chi connectivity index (χ0n) is 17.8. The monoisotopic (exact) mass is 427 g/mol. The van der Waals surface area contributed by atoms with Crippen LogP contribution in [0.25, 0.3) is 11.1 Å². The van der Waals surface area contributed by atoms with Crippen molar-refractivity contribution in [2.45, 2.75) is 13.3 Å². The molecule has 0 aliphatic rings. The van der Waals surface area contributed by atoms with E-state index in [1.807, 2.05) is 36.4 Å². The van der Waals surface area contributed by atoms with Crippen molar-refractivity contribution in [3.63, 3.8) is 0 Å². The lowest BCUT2D eigenvalue weighted by molar-refractivity contribution is -0.112. The Morgan fingerprint density at radius 3 is 2.50 bits per heavy atom. The fourth-order valence-corrected chi connectivity index (χ4v) is 3.06. The highest BCUT2D eigenvalue weighted by Gasteiger charge is 2.17. The van der Waals surface area contributed by atoms with E-state index in [1.54, 1.807) is 37.8 Å². The Morgan fingerprint density at radius 2 is 1.84 bits per heavy atom. The highest BCUT2D eigenvalue weighted by molar-refractivity contribution is 6.09. The number of aromatic nitrogens is 2. The van der Waals surface area contributed by atoms with Gasteiger partial charge in [-0.05, 0) is 49.9 Å². The quantitative estimate of drug-likeness (QED) is 0.376. The summed E-state index contributed by atoms with van der Waals surface area (Å²) in [4.78, 5) is 29.5. The topological polar surface area (TPSA) is 132 Å². The third-order valence-corrected chi connectivity index (χ3v) is 4.75. The number of nitrogens with two attached hydrogens (primary N) is 2. The molecule has 162 valence electrons. The number of nitrogens with one attached hydrogen (secondary N) is 1. The summed E-state index contributed by atoms with van der Waals surface area (Å²) in [6.07, 6.45) is 7.38. The van der Waals surface area contributed by atoms with E-state index in [1.165, 1.54) is 0 Å². The summed E-state index contributed by atoms with van der Waals surface area (Å²) < 4.78 is 0. The van der Waals surface area contributed by atoms with Crippen LogP contribution < -0.4 is 16.8 Å². The van der Waals surface area contributed by atoms with Crippen LogP contribution in [0, 0.1) is 0 Å². The van der Waals surface area contributed by atoms with Crippen molar-refractivity contribution in [3.8, 4) is 11.1 Å². The highest BCUT2D eigenvalue weighted by atomic mass is 16.2. The molecule has 0 atom stereocenters. The average molecular weight is 428 g/mol. The number of anilines is 1. The first kappa shape index (κ1) is 22.5. The summed E-state index contributed by atoms with van der Waals surface area (Å²) in [5.41, 5.74) is 16.2. The van der Waals surface area contributed by atoms with E-state index in [4.69, 9.17) is 11.5 Å². The smallest absolute Gasteiger partial charge is 0.278 e. The average Bonchev–Trinajstić information content (AvgIpc) is 2.83. The molecule has 5 N–H and O–H groups in total. The molecule has 0 fully saturated rings. The molecule has 0 bridgehead atoms. The molecule has 0 saturated heterocycles. The van der Waals surface area contributed by atoms with E-state index in [0.29, 0.717) is 17.9 Å². The van der Waals surface area contributed by atoms with Gasteiger partial charge >= 0.3 is 0 Å². The third-order valence-electron chi connectivity index (χ3n) is 4.75. The molecule has 3 aromatic rings. The molecule has 0 aliphatic carbocycles. The molecule has 1 aromatic carbocycles. The maximum atomic E-state index is 13.1. The van der Waals surface area contributed by atoms with Gasteiger partial charge in [-0.3, -0.25) is 14.8 Å². The zero-order chi connectivity index (χ0) is 22.9. The second-order valence-electron chi connectivity index (χ2n) is 6.94. The molecular weight excluding hydrogens is 402 g/mol. The highest BCUT2D eigenvalue weighted by Crippen LogP contribution is 2.26. The van der Waals surface area contributed by atoms with Crippen LogP contribution in [0.1, 0.15) is 18.1 Å².